The van der Waals surface area contributed by atoms with Crippen LogP contribution >= 0.6 is 11.6 Å². The lowest BCUT2D eigenvalue weighted by molar-refractivity contribution is 0.0600. The number of hydrogen-bond donors (Lipinski definition) is 0. The lowest BCUT2D eigenvalue weighted by Crippen LogP contribution is -2.17. The third-order valence-corrected chi connectivity index (χ3v) is 5.15. The summed E-state index contributed by atoms with van der Waals surface area (Å²) in [6.07, 6.45) is 3.38. The Labute approximate surface area is 172 Å². The number of rotatable bonds is 4. The van der Waals surface area contributed by atoms with Crippen LogP contribution in [0.15, 0.2) is 71.8 Å². The molecule has 6 nitrogen and oxygen atoms in total. The number of halogens is 1. The maximum atomic E-state index is 13.1. The van der Waals surface area contributed by atoms with E-state index in [-0.39, 0.29) is 17.2 Å². The highest BCUT2D eigenvalue weighted by Gasteiger charge is 2.26. The van der Waals surface area contributed by atoms with Gasteiger partial charge in [-0.3, -0.25) is 4.79 Å². The van der Waals surface area contributed by atoms with E-state index >= 15 is 0 Å². The Morgan fingerprint density at radius 3 is 2.41 bits per heavy atom. The number of carbonyl (C=O) groups excluding carboxylic acids is 1. The van der Waals surface area contributed by atoms with Crippen LogP contribution in [0.25, 0.3) is 16.9 Å². The number of ether oxygens (including phenoxy) is 1. The first-order valence-electron chi connectivity index (χ1n) is 9.03. The second-order valence-electron chi connectivity index (χ2n) is 6.65. The molecule has 0 fully saturated rings. The topological polar surface area (TPSA) is 66.1 Å². The molecule has 2 heterocycles. The summed E-state index contributed by atoms with van der Waals surface area (Å²) in [4.78, 5) is 25.5. The Hall–Kier alpha value is -3.38. The van der Waals surface area contributed by atoms with Crippen molar-refractivity contribution in [2.24, 2.45) is 0 Å². The summed E-state index contributed by atoms with van der Waals surface area (Å²) in [5, 5.41) is 5.05. The van der Waals surface area contributed by atoms with Crippen LogP contribution in [0.2, 0.25) is 5.02 Å². The summed E-state index contributed by atoms with van der Waals surface area (Å²) >= 11 is 5.99. The largest absolute Gasteiger partial charge is 0.465 e. The molecule has 1 atom stereocenters. The van der Waals surface area contributed by atoms with Gasteiger partial charge in [-0.1, -0.05) is 41.9 Å². The summed E-state index contributed by atoms with van der Waals surface area (Å²) in [6, 6.07) is 16.4. The lowest BCUT2D eigenvalue weighted by Gasteiger charge is -2.19. The van der Waals surface area contributed by atoms with Crippen LogP contribution in [0.4, 0.5) is 0 Å². The van der Waals surface area contributed by atoms with E-state index in [4.69, 9.17) is 16.3 Å². The molecule has 0 N–H and O–H groups in total. The first-order chi connectivity index (χ1) is 14.0. The van der Waals surface area contributed by atoms with E-state index in [1.807, 2.05) is 41.8 Å². The van der Waals surface area contributed by atoms with Gasteiger partial charge in [-0.15, -0.1) is 0 Å². The van der Waals surface area contributed by atoms with Crippen molar-refractivity contribution < 1.29 is 9.53 Å². The molecule has 0 saturated heterocycles. The van der Waals surface area contributed by atoms with Gasteiger partial charge in [0.1, 0.15) is 11.3 Å². The van der Waals surface area contributed by atoms with Gasteiger partial charge in [0.25, 0.3) is 5.56 Å². The van der Waals surface area contributed by atoms with E-state index in [0.717, 1.165) is 5.56 Å². The smallest absolute Gasteiger partial charge is 0.341 e. The number of aromatic nitrogens is 3. The zero-order valence-corrected chi connectivity index (χ0v) is 16.6. The molecule has 0 radical (unpaired) electrons. The standard InChI is InChI=1S/C22H18ClN3O3/c1-14(15-8-10-16(23)11-9-15)25-12-18-20(19(13-25)22(28)29-2)24-26(21(18)27)17-6-4-3-5-7-17/h3-14H,1-2H3. The van der Waals surface area contributed by atoms with Gasteiger partial charge in [0, 0.05) is 17.4 Å². The lowest BCUT2D eigenvalue weighted by atomic mass is 10.1. The van der Waals surface area contributed by atoms with Crippen LogP contribution in [0.3, 0.4) is 0 Å². The van der Waals surface area contributed by atoms with Crippen LogP contribution in [-0.4, -0.2) is 27.4 Å². The van der Waals surface area contributed by atoms with Crippen LogP contribution in [-0.2, 0) is 4.74 Å². The number of benzene rings is 2. The molecule has 2 aliphatic rings. The molecule has 0 bridgehead atoms. The van der Waals surface area contributed by atoms with Crippen LogP contribution in [0.5, 0.6) is 0 Å². The number of methoxy groups -OCH3 is 1. The fraction of sp³-hybridized carbons (Fsp3) is 0.136. The number of pyridine rings is 1. The zero-order valence-electron chi connectivity index (χ0n) is 15.9. The summed E-state index contributed by atoms with van der Waals surface area (Å²) in [7, 11) is 1.31. The molecule has 0 aromatic heterocycles. The van der Waals surface area contributed by atoms with E-state index in [0.29, 0.717) is 22.0 Å². The molecule has 2 aliphatic heterocycles. The molecule has 146 valence electrons. The molecule has 0 aliphatic carbocycles. The van der Waals surface area contributed by atoms with Gasteiger partial charge in [-0.05, 0) is 36.8 Å². The van der Waals surface area contributed by atoms with Crippen molar-refractivity contribution in [2.75, 3.05) is 7.11 Å². The molecule has 1 unspecified atom stereocenters. The van der Waals surface area contributed by atoms with Crippen molar-refractivity contribution >= 4 is 17.6 Å². The highest BCUT2D eigenvalue weighted by molar-refractivity contribution is 6.30. The maximum absolute atomic E-state index is 13.1. The Morgan fingerprint density at radius 2 is 1.76 bits per heavy atom. The molecule has 4 rings (SSSR count). The van der Waals surface area contributed by atoms with Gasteiger partial charge in [0.15, 0.2) is 0 Å². The Bertz CT molecular complexity index is 1200. The third-order valence-electron chi connectivity index (χ3n) is 4.90. The summed E-state index contributed by atoms with van der Waals surface area (Å²) in [5.74, 6) is -0.551. The Balaban J connectivity index is 1.92. The number of carbonyl (C=O) groups is 1. The zero-order chi connectivity index (χ0) is 20.5. The van der Waals surface area contributed by atoms with E-state index in [2.05, 4.69) is 5.10 Å². The van der Waals surface area contributed by atoms with Gasteiger partial charge in [0.05, 0.1) is 24.4 Å². The van der Waals surface area contributed by atoms with Crippen molar-refractivity contribution in [3.63, 3.8) is 0 Å². The van der Waals surface area contributed by atoms with E-state index in [1.165, 1.54) is 11.8 Å². The van der Waals surface area contributed by atoms with E-state index < -0.39 is 5.97 Å². The Morgan fingerprint density at radius 1 is 1.07 bits per heavy atom. The highest BCUT2D eigenvalue weighted by Crippen LogP contribution is 2.27. The molecular weight excluding hydrogens is 390 g/mol. The first-order valence-corrected chi connectivity index (χ1v) is 9.41. The van der Waals surface area contributed by atoms with Gasteiger partial charge < -0.3 is 9.30 Å². The fourth-order valence-corrected chi connectivity index (χ4v) is 3.39. The van der Waals surface area contributed by atoms with Crippen molar-refractivity contribution in [2.45, 2.75) is 13.0 Å². The Kier molecular flexibility index (Phi) is 4.94. The number of esters is 1. The molecule has 0 amide bonds. The second-order valence-corrected chi connectivity index (χ2v) is 7.09. The number of fused-ring (bicyclic) bond motifs is 1. The summed E-state index contributed by atoms with van der Waals surface area (Å²) in [6.45, 7) is 1.97. The van der Waals surface area contributed by atoms with Gasteiger partial charge in [-0.25, -0.2) is 4.79 Å². The predicted molar refractivity (Wildman–Crippen MR) is 111 cm³/mol. The molecule has 29 heavy (non-hydrogen) atoms. The summed E-state index contributed by atoms with van der Waals surface area (Å²) in [5.41, 5.74) is 2.20. The second kappa shape index (κ2) is 7.56. The van der Waals surface area contributed by atoms with Crippen LogP contribution in [0, 0.1) is 0 Å². The predicted octanol–water partition coefficient (Wildman–Crippen LogP) is 4.19. The van der Waals surface area contributed by atoms with Gasteiger partial charge in [0.2, 0.25) is 0 Å². The number of nitrogens with zero attached hydrogens (tertiary/aromatic N) is 3. The van der Waals surface area contributed by atoms with Crippen molar-refractivity contribution in [3.8, 4) is 16.9 Å². The quantitative estimate of drug-likeness (QED) is 0.476. The SMILES string of the molecule is COC(=O)c1cn(C(C)c2ccc(Cl)cc2)cc2c(=O)n(-c3ccccc3)nc1-2. The van der Waals surface area contributed by atoms with Gasteiger partial charge in [-0.2, -0.15) is 9.78 Å². The summed E-state index contributed by atoms with van der Waals surface area (Å²) < 4.78 is 8.05. The normalized spacial score (nSPS) is 12.1. The molecule has 7 heteroatoms. The minimum Gasteiger partial charge on any atom is -0.465 e. The maximum Gasteiger partial charge on any atom is 0.341 e. The molecular formula is C22H18ClN3O3. The highest BCUT2D eigenvalue weighted by atomic mass is 35.5. The third kappa shape index (κ3) is 3.43. The van der Waals surface area contributed by atoms with Crippen LogP contribution in [0.1, 0.15) is 28.9 Å². The van der Waals surface area contributed by atoms with E-state index in [9.17, 15) is 9.59 Å². The number of para-hydroxylation sites is 1. The average Bonchev–Trinajstić information content (AvgIpc) is 3.09. The minimum absolute atomic E-state index is 0.139. The first kappa shape index (κ1) is 19.0. The van der Waals surface area contributed by atoms with Crippen molar-refractivity contribution in [1.29, 1.82) is 0 Å². The number of hydrogen-bond acceptors (Lipinski definition) is 4. The van der Waals surface area contributed by atoms with Crippen molar-refractivity contribution in [1.82, 2.24) is 14.3 Å². The van der Waals surface area contributed by atoms with Gasteiger partial charge >= 0.3 is 5.97 Å². The molecule has 2 aromatic carbocycles. The fourth-order valence-electron chi connectivity index (χ4n) is 3.27. The molecule has 2 aromatic rings. The monoisotopic (exact) mass is 407 g/mol. The minimum atomic E-state index is -0.551. The molecule has 0 spiro atoms. The van der Waals surface area contributed by atoms with Crippen molar-refractivity contribution in [3.05, 3.63) is 93.5 Å². The van der Waals surface area contributed by atoms with Crippen LogP contribution < -0.4 is 5.56 Å². The molecule has 0 saturated carbocycles. The van der Waals surface area contributed by atoms with E-state index in [1.54, 1.807) is 36.7 Å². The average molecular weight is 408 g/mol.